The van der Waals surface area contributed by atoms with Crippen molar-refractivity contribution < 1.29 is 19.0 Å². The predicted octanol–water partition coefficient (Wildman–Crippen LogP) is 4.24. The number of carbonyl (C=O) groups is 1. The normalized spacial score (nSPS) is 10.7. The molecule has 7 nitrogen and oxygen atoms in total. The van der Waals surface area contributed by atoms with Crippen molar-refractivity contribution in [1.82, 2.24) is 15.1 Å². The quantitative estimate of drug-likeness (QED) is 0.520. The third-order valence-electron chi connectivity index (χ3n) is 4.37. The van der Waals surface area contributed by atoms with Crippen LogP contribution in [0.4, 0.5) is 0 Å². The average molecular weight is 450 g/mol. The van der Waals surface area contributed by atoms with Crippen LogP contribution in [-0.4, -0.2) is 50.2 Å². The number of nitrogens with one attached hydrogen (secondary N) is 1. The van der Waals surface area contributed by atoms with Gasteiger partial charge in [0.15, 0.2) is 0 Å². The molecule has 1 heterocycles. The van der Waals surface area contributed by atoms with E-state index >= 15 is 0 Å². The summed E-state index contributed by atoms with van der Waals surface area (Å²) < 4.78 is 17.3. The van der Waals surface area contributed by atoms with Gasteiger partial charge in [0.05, 0.1) is 42.3 Å². The summed E-state index contributed by atoms with van der Waals surface area (Å²) in [6.45, 7) is 0.759. The monoisotopic (exact) mass is 449 g/mol. The van der Waals surface area contributed by atoms with E-state index in [1.165, 1.54) is 4.68 Å². The van der Waals surface area contributed by atoms with E-state index in [0.29, 0.717) is 57.3 Å². The molecule has 0 aliphatic rings. The summed E-state index contributed by atoms with van der Waals surface area (Å²) in [7, 11) is 4.71. The molecule has 158 valence electrons. The molecular weight excluding hydrogens is 429 g/mol. The van der Waals surface area contributed by atoms with Gasteiger partial charge in [0.1, 0.15) is 17.2 Å². The first kappa shape index (κ1) is 22.0. The number of nitrogens with zero attached hydrogens (tertiary/aromatic N) is 2. The molecule has 1 N–H and O–H groups in total. The maximum atomic E-state index is 12.8. The van der Waals surface area contributed by atoms with Gasteiger partial charge in [-0.1, -0.05) is 23.2 Å². The van der Waals surface area contributed by atoms with Crippen LogP contribution in [0.25, 0.3) is 16.9 Å². The summed E-state index contributed by atoms with van der Waals surface area (Å²) in [6, 6.07) is 12.1. The zero-order chi connectivity index (χ0) is 21.7. The first-order chi connectivity index (χ1) is 14.5. The Morgan fingerprint density at radius 3 is 2.50 bits per heavy atom. The zero-order valence-corrected chi connectivity index (χ0v) is 18.3. The minimum atomic E-state index is -0.302. The molecule has 0 saturated heterocycles. The van der Waals surface area contributed by atoms with Crippen LogP contribution in [0.2, 0.25) is 10.0 Å². The Morgan fingerprint density at radius 2 is 1.83 bits per heavy atom. The molecule has 0 saturated carbocycles. The number of benzene rings is 2. The molecule has 0 aliphatic carbocycles. The minimum Gasteiger partial charge on any atom is -0.497 e. The Balaban J connectivity index is 2.10. The third-order valence-corrected chi connectivity index (χ3v) is 5.11. The molecule has 0 aliphatic heterocycles. The van der Waals surface area contributed by atoms with E-state index in [0.717, 1.165) is 0 Å². The topological polar surface area (TPSA) is 74.6 Å². The third kappa shape index (κ3) is 4.70. The number of amides is 1. The number of aromatic nitrogens is 2. The summed E-state index contributed by atoms with van der Waals surface area (Å²) >= 11 is 12.2. The van der Waals surface area contributed by atoms with Crippen LogP contribution in [-0.2, 0) is 4.74 Å². The molecular formula is C21H21Cl2N3O4. The fourth-order valence-electron chi connectivity index (χ4n) is 2.86. The van der Waals surface area contributed by atoms with Crippen molar-refractivity contribution >= 4 is 29.1 Å². The lowest BCUT2D eigenvalue weighted by Crippen LogP contribution is -2.28. The molecule has 3 rings (SSSR count). The Labute approximate surface area is 184 Å². The molecule has 2 aromatic carbocycles. The molecule has 0 spiro atoms. The number of rotatable bonds is 8. The van der Waals surface area contributed by atoms with Gasteiger partial charge in [-0.3, -0.25) is 4.79 Å². The summed E-state index contributed by atoms with van der Waals surface area (Å²) in [5.41, 5.74) is 2.19. The molecule has 30 heavy (non-hydrogen) atoms. The highest BCUT2D eigenvalue weighted by atomic mass is 35.5. The first-order valence-corrected chi connectivity index (χ1v) is 9.79. The number of hydrogen-bond acceptors (Lipinski definition) is 5. The molecule has 1 aromatic heterocycles. The van der Waals surface area contributed by atoms with Crippen molar-refractivity contribution in [3.05, 3.63) is 58.2 Å². The van der Waals surface area contributed by atoms with E-state index < -0.39 is 0 Å². The second kappa shape index (κ2) is 9.84. The fraction of sp³-hybridized carbons (Fsp3) is 0.238. The van der Waals surface area contributed by atoms with Crippen LogP contribution in [0, 0.1) is 0 Å². The summed E-state index contributed by atoms with van der Waals surface area (Å²) in [4.78, 5) is 12.8. The van der Waals surface area contributed by atoms with Crippen LogP contribution < -0.4 is 14.8 Å². The van der Waals surface area contributed by atoms with Gasteiger partial charge in [0.2, 0.25) is 0 Å². The zero-order valence-electron chi connectivity index (χ0n) is 16.7. The molecule has 3 aromatic rings. The van der Waals surface area contributed by atoms with Crippen molar-refractivity contribution in [1.29, 1.82) is 0 Å². The number of ether oxygens (including phenoxy) is 3. The number of methoxy groups -OCH3 is 3. The van der Waals surface area contributed by atoms with Gasteiger partial charge >= 0.3 is 0 Å². The van der Waals surface area contributed by atoms with Crippen LogP contribution in [0.1, 0.15) is 10.5 Å². The van der Waals surface area contributed by atoms with Gasteiger partial charge in [-0.25, -0.2) is 4.68 Å². The Morgan fingerprint density at radius 1 is 1.03 bits per heavy atom. The highest BCUT2D eigenvalue weighted by Gasteiger charge is 2.20. The summed E-state index contributed by atoms with van der Waals surface area (Å²) in [5.74, 6) is 0.917. The SMILES string of the molecule is COCCNC(=O)c1cc(-c2ccc(OC)cc2OC)nn1-c1ccc(Cl)c(Cl)c1. The second-order valence-corrected chi connectivity index (χ2v) is 7.05. The fourth-order valence-corrected chi connectivity index (χ4v) is 3.15. The van der Waals surface area contributed by atoms with Gasteiger partial charge in [0, 0.05) is 25.3 Å². The van der Waals surface area contributed by atoms with E-state index in [1.807, 2.05) is 6.07 Å². The van der Waals surface area contributed by atoms with Crippen molar-refractivity contribution in [2.75, 3.05) is 34.5 Å². The van der Waals surface area contributed by atoms with E-state index in [-0.39, 0.29) is 5.91 Å². The van der Waals surface area contributed by atoms with Crippen LogP contribution >= 0.6 is 23.2 Å². The molecule has 0 unspecified atom stereocenters. The highest BCUT2D eigenvalue weighted by molar-refractivity contribution is 6.42. The van der Waals surface area contributed by atoms with Gasteiger partial charge < -0.3 is 19.5 Å². The van der Waals surface area contributed by atoms with Crippen molar-refractivity contribution in [2.24, 2.45) is 0 Å². The van der Waals surface area contributed by atoms with Crippen LogP contribution in [0.3, 0.4) is 0 Å². The standard InChI is InChI=1S/C21H21Cl2N3O4/c1-28-9-8-24-21(27)19-12-18(15-6-5-14(29-2)11-20(15)30-3)25-26(19)13-4-7-16(22)17(23)10-13/h4-7,10-12H,8-9H2,1-3H3,(H,24,27). The Kier molecular flexibility index (Phi) is 7.20. The van der Waals surface area contributed by atoms with Crippen LogP contribution in [0.15, 0.2) is 42.5 Å². The summed E-state index contributed by atoms with van der Waals surface area (Å²) in [6.07, 6.45) is 0. The Hall–Kier alpha value is -2.74. The van der Waals surface area contributed by atoms with E-state index in [1.54, 1.807) is 57.7 Å². The number of hydrogen-bond donors (Lipinski definition) is 1. The first-order valence-electron chi connectivity index (χ1n) is 9.03. The number of halogens is 2. The Bertz CT molecular complexity index is 1050. The number of carbonyl (C=O) groups excluding carboxylic acids is 1. The van der Waals surface area contributed by atoms with Crippen molar-refractivity contribution in [3.63, 3.8) is 0 Å². The molecule has 0 fully saturated rings. The molecule has 9 heteroatoms. The maximum absolute atomic E-state index is 12.8. The molecule has 1 amide bonds. The lowest BCUT2D eigenvalue weighted by Gasteiger charge is -2.09. The van der Waals surface area contributed by atoms with E-state index in [9.17, 15) is 4.79 Å². The van der Waals surface area contributed by atoms with Crippen LogP contribution in [0.5, 0.6) is 11.5 Å². The largest absolute Gasteiger partial charge is 0.497 e. The van der Waals surface area contributed by atoms with Gasteiger partial charge in [-0.05, 0) is 36.4 Å². The van der Waals surface area contributed by atoms with Crippen molar-refractivity contribution in [2.45, 2.75) is 0 Å². The van der Waals surface area contributed by atoms with Gasteiger partial charge in [-0.15, -0.1) is 0 Å². The van der Waals surface area contributed by atoms with Gasteiger partial charge in [0.25, 0.3) is 5.91 Å². The molecule has 0 atom stereocenters. The summed E-state index contributed by atoms with van der Waals surface area (Å²) in [5, 5.41) is 8.22. The lowest BCUT2D eigenvalue weighted by atomic mass is 10.1. The molecule has 0 radical (unpaired) electrons. The van der Waals surface area contributed by atoms with E-state index in [4.69, 9.17) is 37.4 Å². The highest BCUT2D eigenvalue weighted by Crippen LogP contribution is 2.34. The lowest BCUT2D eigenvalue weighted by molar-refractivity contribution is 0.0929. The smallest absolute Gasteiger partial charge is 0.270 e. The van der Waals surface area contributed by atoms with E-state index in [2.05, 4.69) is 10.4 Å². The molecule has 0 bridgehead atoms. The predicted molar refractivity (Wildman–Crippen MR) is 116 cm³/mol. The second-order valence-electron chi connectivity index (χ2n) is 6.24. The van der Waals surface area contributed by atoms with Crippen molar-refractivity contribution in [3.8, 4) is 28.4 Å². The minimum absolute atomic E-state index is 0.302. The average Bonchev–Trinajstić information content (AvgIpc) is 3.20. The maximum Gasteiger partial charge on any atom is 0.270 e. The van der Waals surface area contributed by atoms with Gasteiger partial charge in [-0.2, -0.15) is 5.10 Å².